The molecule has 30 heavy (non-hydrogen) atoms. The molecule has 2 N–H and O–H groups in total. The van der Waals surface area contributed by atoms with Crippen LogP contribution in [0.4, 0.5) is 17.1 Å². The van der Waals surface area contributed by atoms with Crippen LogP contribution in [0.3, 0.4) is 0 Å². The number of piperidine rings is 1. The van der Waals surface area contributed by atoms with E-state index in [1.54, 1.807) is 24.3 Å². The average molecular weight is 409 g/mol. The number of nitrogens with zero attached hydrogens (tertiary/aromatic N) is 1. The van der Waals surface area contributed by atoms with Gasteiger partial charge in [-0.1, -0.05) is 12.1 Å². The predicted molar refractivity (Wildman–Crippen MR) is 117 cm³/mol. The molecule has 2 amide bonds. The van der Waals surface area contributed by atoms with E-state index in [1.807, 2.05) is 24.3 Å². The van der Waals surface area contributed by atoms with Crippen molar-refractivity contribution in [2.45, 2.75) is 32.6 Å². The molecule has 0 aromatic heterocycles. The van der Waals surface area contributed by atoms with Crippen molar-refractivity contribution in [2.75, 3.05) is 35.2 Å². The molecule has 0 saturated carbocycles. The maximum absolute atomic E-state index is 12.1. The first-order valence-corrected chi connectivity index (χ1v) is 10.2. The van der Waals surface area contributed by atoms with Gasteiger partial charge in [0.05, 0.1) is 6.42 Å². The van der Waals surface area contributed by atoms with Crippen molar-refractivity contribution in [3.63, 3.8) is 0 Å². The van der Waals surface area contributed by atoms with E-state index >= 15 is 0 Å². The van der Waals surface area contributed by atoms with Crippen LogP contribution >= 0.6 is 0 Å². The number of amides is 2. The summed E-state index contributed by atoms with van der Waals surface area (Å²) >= 11 is 0. The summed E-state index contributed by atoms with van der Waals surface area (Å²) in [6.07, 6.45) is 3.76. The number of rotatable bonds is 7. The van der Waals surface area contributed by atoms with E-state index < -0.39 is 5.97 Å². The van der Waals surface area contributed by atoms with Gasteiger partial charge in [-0.3, -0.25) is 14.4 Å². The van der Waals surface area contributed by atoms with Gasteiger partial charge in [0.15, 0.2) is 6.61 Å². The van der Waals surface area contributed by atoms with E-state index in [9.17, 15) is 14.4 Å². The molecule has 1 fully saturated rings. The first-order valence-electron chi connectivity index (χ1n) is 10.2. The van der Waals surface area contributed by atoms with Gasteiger partial charge in [0, 0.05) is 37.1 Å². The summed E-state index contributed by atoms with van der Waals surface area (Å²) in [5.74, 6) is -1.03. The highest BCUT2D eigenvalue weighted by molar-refractivity contribution is 5.93. The number of ether oxygens (including phenoxy) is 1. The molecule has 0 radical (unpaired) electrons. The lowest BCUT2D eigenvalue weighted by Gasteiger charge is -2.28. The minimum absolute atomic E-state index is 0.0537. The Kier molecular flexibility index (Phi) is 7.43. The number of carbonyl (C=O) groups excluding carboxylic acids is 3. The van der Waals surface area contributed by atoms with Crippen molar-refractivity contribution in [1.29, 1.82) is 0 Å². The molecule has 1 aliphatic rings. The highest BCUT2D eigenvalue weighted by Gasteiger charge is 2.12. The van der Waals surface area contributed by atoms with Crippen molar-refractivity contribution in [2.24, 2.45) is 0 Å². The van der Waals surface area contributed by atoms with E-state index in [0.29, 0.717) is 11.4 Å². The van der Waals surface area contributed by atoms with Gasteiger partial charge < -0.3 is 20.3 Å². The van der Waals surface area contributed by atoms with Crippen molar-refractivity contribution in [1.82, 2.24) is 0 Å². The maximum atomic E-state index is 12.1. The zero-order valence-electron chi connectivity index (χ0n) is 17.1. The van der Waals surface area contributed by atoms with Gasteiger partial charge in [0.2, 0.25) is 5.91 Å². The highest BCUT2D eigenvalue weighted by Crippen LogP contribution is 2.21. The standard InChI is InChI=1S/C23H27N3O4/c1-17(27)24-19-7-5-18(6-8-19)15-23(29)30-16-22(28)25-20-9-11-21(12-10-20)26-13-3-2-4-14-26/h5-12H,2-4,13-16H2,1H3,(H,24,27)(H,25,28). The zero-order chi connectivity index (χ0) is 21.3. The summed E-state index contributed by atoms with van der Waals surface area (Å²) in [7, 11) is 0. The Bertz CT molecular complexity index is 872. The molecule has 158 valence electrons. The SMILES string of the molecule is CC(=O)Nc1ccc(CC(=O)OCC(=O)Nc2ccc(N3CCCCC3)cc2)cc1. The van der Waals surface area contributed by atoms with Crippen LogP contribution in [0.25, 0.3) is 0 Å². The first-order chi connectivity index (χ1) is 14.5. The molecule has 2 aromatic rings. The van der Waals surface area contributed by atoms with E-state index in [4.69, 9.17) is 4.74 Å². The van der Waals surface area contributed by atoms with Gasteiger partial charge in [0.25, 0.3) is 5.91 Å². The Morgan fingerprint density at radius 1 is 0.867 bits per heavy atom. The molecule has 7 nitrogen and oxygen atoms in total. The number of hydrogen-bond donors (Lipinski definition) is 2. The Morgan fingerprint density at radius 2 is 1.47 bits per heavy atom. The Labute approximate surface area is 176 Å². The largest absolute Gasteiger partial charge is 0.455 e. The summed E-state index contributed by atoms with van der Waals surface area (Å²) in [5.41, 5.74) is 3.22. The third-order valence-electron chi connectivity index (χ3n) is 4.86. The van der Waals surface area contributed by atoms with Crippen molar-refractivity contribution in [3.05, 3.63) is 54.1 Å². The number of benzene rings is 2. The Balaban J connectivity index is 1.41. The molecule has 0 unspecified atom stereocenters. The molecule has 1 aliphatic heterocycles. The second-order valence-electron chi connectivity index (χ2n) is 7.36. The molecule has 0 bridgehead atoms. The summed E-state index contributed by atoms with van der Waals surface area (Å²) in [5, 5.41) is 5.40. The summed E-state index contributed by atoms with van der Waals surface area (Å²) < 4.78 is 5.06. The topological polar surface area (TPSA) is 87.7 Å². The normalized spacial score (nSPS) is 13.4. The van der Waals surface area contributed by atoms with Crippen LogP contribution in [0.2, 0.25) is 0 Å². The molecule has 7 heteroatoms. The van der Waals surface area contributed by atoms with Crippen LogP contribution in [0, 0.1) is 0 Å². The number of nitrogens with one attached hydrogen (secondary N) is 2. The van der Waals surface area contributed by atoms with Gasteiger partial charge in [-0.15, -0.1) is 0 Å². The average Bonchev–Trinajstić information content (AvgIpc) is 2.74. The van der Waals surface area contributed by atoms with Crippen LogP contribution in [-0.2, 0) is 25.5 Å². The summed E-state index contributed by atoms with van der Waals surface area (Å²) in [4.78, 5) is 37.4. The lowest BCUT2D eigenvalue weighted by molar-refractivity contribution is -0.146. The van der Waals surface area contributed by atoms with Gasteiger partial charge in [-0.05, 0) is 61.2 Å². The molecule has 1 heterocycles. The monoisotopic (exact) mass is 409 g/mol. The molecule has 0 atom stereocenters. The van der Waals surface area contributed by atoms with Crippen LogP contribution < -0.4 is 15.5 Å². The fourth-order valence-electron chi connectivity index (χ4n) is 3.38. The van der Waals surface area contributed by atoms with Crippen molar-refractivity contribution >= 4 is 34.8 Å². The Morgan fingerprint density at radius 3 is 2.10 bits per heavy atom. The molecule has 1 saturated heterocycles. The fourth-order valence-corrected chi connectivity index (χ4v) is 3.38. The first kappa shape index (κ1) is 21.4. The smallest absolute Gasteiger partial charge is 0.310 e. The second-order valence-corrected chi connectivity index (χ2v) is 7.36. The third kappa shape index (κ3) is 6.62. The fraction of sp³-hybridized carbons (Fsp3) is 0.348. The van der Waals surface area contributed by atoms with E-state index in [0.717, 1.165) is 24.3 Å². The van der Waals surface area contributed by atoms with Crippen LogP contribution in [0.15, 0.2) is 48.5 Å². The highest BCUT2D eigenvalue weighted by atomic mass is 16.5. The van der Waals surface area contributed by atoms with Crippen LogP contribution in [0.1, 0.15) is 31.7 Å². The maximum Gasteiger partial charge on any atom is 0.310 e. The number of carbonyl (C=O) groups is 3. The molecule has 0 aliphatic carbocycles. The molecule has 2 aromatic carbocycles. The lowest BCUT2D eigenvalue weighted by Crippen LogP contribution is -2.29. The Hall–Kier alpha value is -3.35. The number of esters is 1. The van der Waals surface area contributed by atoms with E-state index in [2.05, 4.69) is 15.5 Å². The van der Waals surface area contributed by atoms with Gasteiger partial charge >= 0.3 is 5.97 Å². The minimum atomic E-state index is -0.488. The van der Waals surface area contributed by atoms with Crippen LogP contribution in [0.5, 0.6) is 0 Å². The van der Waals surface area contributed by atoms with Gasteiger partial charge in [0.1, 0.15) is 0 Å². The van der Waals surface area contributed by atoms with E-state index in [1.165, 1.54) is 26.2 Å². The van der Waals surface area contributed by atoms with E-state index in [-0.39, 0.29) is 24.8 Å². The lowest BCUT2D eigenvalue weighted by atomic mass is 10.1. The molecular formula is C23H27N3O4. The quantitative estimate of drug-likeness (QED) is 0.685. The summed E-state index contributed by atoms with van der Waals surface area (Å²) in [6, 6.07) is 14.6. The van der Waals surface area contributed by atoms with Crippen molar-refractivity contribution < 1.29 is 19.1 Å². The summed E-state index contributed by atoms with van der Waals surface area (Å²) in [6.45, 7) is 3.23. The van der Waals surface area contributed by atoms with Gasteiger partial charge in [-0.2, -0.15) is 0 Å². The molecule has 0 spiro atoms. The van der Waals surface area contributed by atoms with Gasteiger partial charge in [-0.25, -0.2) is 0 Å². The zero-order valence-corrected chi connectivity index (χ0v) is 17.1. The number of hydrogen-bond acceptors (Lipinski definition) is 5. The molecular weight excluding hydrogens is 382 g/mol. The third-order valence-corrected chi connectivity index (χ3v) is 4.86. The molecule has 3 rings (SSSR count). The van der Waals surface area contributed by atoms with Crippen LogP contribution in [-0.4, -0.2) is 37.5 Å². The predicted octanol–water partition coefficient (Wildman–Crippen LogP) is 3.36. The van der Waals surface area contributed by atoms with Crippen molar-refractivity contribution in [3.8, 4) is 0 Å². The second kappa shape index (κ2) is 10.4. The minimum Gasteiger partial charge on any atom is -0.455 e. The number of anilines is 3.